The third-order valence-corrected chi connectivity index (χ3v) is 1.68. The number of halogens is 1. The number of pyridine rings is 1. The molecule has 1 aromatic heterocycles. The largest absolute Gasteiger partial charge is 0.504 e. The monoisotopic (exact) mass is 250 g/mol. The highest BCUT2D eigenvalue weighted by Gasteiger charge is 1.98. The first kappa shape index (κ1) is 7.59. The first-order valence-corrected chi connectivity index (χ1v) is 3.85. The van der Waals surface area contributed by atoms with E-state index in [-0.39, 0.29) is 5.75 Å². The minimum absolute atomic E-state index is 0.183. The molecule has 3 nitrogen and oxygen atoms in total. The fourth-order valence-electron chi connectivity index (χ4n) is 0.612. The van der Waals surface area contributed by atoms with E-state index in [2.05, 4.69) is 32.9 Å². The normalized spacial score (nSPS) is 9.40. The summed E-state index contributed by atoms with van der Waals surface area (Å²) in [6.45, 7) is 0. The van der Waals surface area contributed by atoms with Crippen molar-refractivity contribution < 1.29 is 5.11 Å². The lowest BCUT2D eigenvalue weighted by Crippen LogP contribution is -1.93. The molecular formula is C6H7IN2O. The lowest BCUT2D eigenvalue weighted by molar-refractivity contribution is 0.475. The summed E-state index contributed by atoms with van der Waals surface area (Å²) in [6.07, 6.45) is 0. The number of hydrogen-bond donors (Lipinski definition) is 2. The van der Waals surface area contributed by atoms with Crippen LogP contribution in [0.2, 0.25) is 0 Å². The van der Waals surface area contributed by atoms with E-state index in [1.165, 1.54) is 0 Å². The van der Waals surface area contributed by atoms with Crippen LogP contribution in [0.3, 0.4) is 0 Å². The highest BCUT2D eigenvalue weighted by Crippen LogP contribution is 2.19. The molecule has 4 heteroatoms. The molecule has 0 saturated carbocycles. The predicted molar refractivity (Wildman–Crippen MR) is 48.2 cm³/mol. The van der Waals surface area contributed by atoms with Gasteiger partial charge in [0.2, 0.25) is 0 Å². The van der Waals surface area contributed by atoms with Gasteiger partial charge < -0.3 is 10.4 Å². The van der Waals surface area contributed by atoms with Crippen molar-refractivity contribution in [2.75, 3.05) is 12.4 Å². The fraction of sp³-hybridized carbons (Fsp3) is 0.167. The molecule has 54 valence electrons. The summed E-state index contributed by atoms with van der Waals surface area (Å²) in [5.74, 6) is 0.704. The molecule has 0 saturated heterocycles. The van der Waals surface area contributed by atoms with Gasteiger partial charge in [-0.05, 0) is 34.7 Å². The Bertz CT molecular complexity index is 239. The molecule has 0 unspecified atom stereocenters. The number of aromatic nitrogens is 1. The van der Waals surface area contributed by atoms with Crippen molar-refractivity contribution in [2.24, 2.45) is 0 Å². The zero-order chi connectivity index (χ0) is 7.56. The second-order valence-corrected chi connectivity index (χ2v) is 2.86. The summed E-state index contributed by atoms with van der Waals surface area (Å²) in [5, 5.41) is 11.9. The topological polar surface area (TPSA) is 45.2 Å². The maximum Gasteiger partial charge on any atom is 0.169 e. The van der Waals surface area contributed by atoms with Gasteiger partial charge >= 0.3 is 0 Å². The Balaban J connectivity index is 3.09. The van der Waals surface area contributed by atoms with Crippen molar-refractivity contribution in [3.63, 3.8) is 0 Å². The Morgan fingerprint density at radius 1 is 1.60 bits per heavy atom. The molecule has 10 heavy (non-hydrogen) atoms. The van der Waals surface area contributed by atoms with Crippen LogP contribution in [0.15, 0.2) is 12.1 Å². The summed E-state index contributed by atoms with van der Waals surface area (Å²) >= 11 is 2.08. The molecule has 1 rings (SSSR count). The SMILES string of the molecule is CNc1nc(I)ccc1O. The Morgan fingerprint density at radius 3 is 2.80 bits per heavy atom. The second-order valence-electron chi connectivity index (χ2n) is 1.75. The van der Waals surface area contributed by atoms with Crippen molar-refractivity contribution in [2.45, 2.75) is 0 Å². The van der Waals surface area contributed by atoms with Crippen molar-refractivity contribution >= 4 is 28.4 Å². The lowest BCUT2D eigenvalue weighted by atomic mass is 10.4. The molecule has 0 aliphatic rings. The minimum atomic E-state index is 0.183. The molecule has 0 bridgehead atoms. The van der Waals surface area contributed by atoms with E-state index in [1.807, 2.05) is 0 Å². The van der Waals surface area contributed by atoms with Crippen LogP contribution in [0.4, 0.5) is 5.82 Å². The van der Waals surface area contributed by atoms with Crippen LogP contribution in [0, 0.1) is 3.70 Å². The van der Waals surface area contributed by atoms with Crippen molar-refractivity contribution in [1.82, 2.24) is 4.98 Å². The van der Waals surface area contributed by atoms with E-state index in [1.54, 1.807) is 19.2 Å². The summed E-state index contributed by atoms with van der Waals surface area (Å²) in [7, 11) is 1.72. The lowest BCUT2D eigenvalue weighted by Gasteiger charge is -2.00. The molecule has 2 N–H and O–H groups in total. The van der Waals surface area contributed by atoms with E-state index < -0.39 is 0 Å². The average molecular weight is 250 g/mol. The first-order chi connectivity index (χ1) is 4.74. The Hall–Kier alpha value is -0.520. The van der Waals surface area contributed by atoms with Crippen LogP contribution in [0.25, 0.3) is 0 Å². The van der Waals surface area contributed by atoms with Crippen molar-refractivity contribution in [3.05, 3.63) is 15.8 Å². The number of nitrogens with zero attached hydrogens (tertiary/aromatic N) is 1. The van der Waals surface area contributed by atoms with Crippen molar-refractivity contribution in [3.8, 4) is 5.75 Å². The fourth-order valence-corrected chi connectivity index (χ4v) is 1.03. The highest BCUT2D eigenvalue weighted by molar-refractivity contribution is 14.1. The van der Waals surface area contributed by atoms with Crippen LogP contribution in [-0.2, 0) is 0 Å². The standard InChI is InChI=1S/C6H7IN2O/c1-8-6-4(10)2-3-5(7)9-6/h2-3,10H,1H3,(H,8,9). The highest BCUT2D eigenvalue weighted by atomic mass is 127. The quantitative estimate of drug-likeness (QED) is 0.585. The third-order valence-electron chi connectivity index (χ3n) is 1.08. The van der Waals surface area contributed by atoms with Gasteiger partial charge in [0.15, 0.2) is 11.6 Å². The predicted octanol–water partition coefficient (Wildman–Crippen LogP) is 1.43. The van der Waals surface area contributed by atoms with Crippen LogP contribution in [0.1, 0.15) is 0 Å². The van der Waals surface area contributed by atoms with Gasteiger partial charge in [-0.1, -0.05) is 0 Å². The number of aromatic hydroxyl groups is 1. The molecule has 0 radical (unpaired) electrons. The third kappa shape index (κ3) is 1.50. The molecule has 0 aliphatic carbocycles. The van der Waals surface area contributed by atoms with E-state index in [4.69, 9.17) is 5.11 Å². The molecule has 0 spiro atoms. The smallest absolute Gasteiger partial charge is 0.169 e. The van der Waals surface area contributed by atoms with Crippen LogP contribution in [-0.4, -0.2) is 17.1 Å². The van der Waals surface area contributed by atoms with E-state index in [0.29, 0.717) is 5.82 Å². The molecule has 0 fully saturated rings. The van der Waals surface area contributed by atoms with E-state index in [9.17, 15) is 0 Å². The number of hydrogen-bond acceptors (Lipinski definition) is 3. The Morgan fingerprint density at radius 2 is 2.30 bits per heavy atom. The van der Waals surface area contributed by atoms with Gasteiger partial charge in [-0.2, -0.15) is 0 Å². The number of nitrogens with one attached hydrogen (secondary N) is 1. The van der Waals surface area contributed by atoms with Crippen molar-refractivity contribution in [1.29, 1.82) is 0 Å². The van der Waals surface area contributed by atoms with Gasteiger partial charge in [0.05, 0.1) is 0 Å². The maximum atomic E-state index is 9.11. The zero-order valence-corrected chi connectivity index (χ0v) is 7.58. The molecule has 1 heterocycles. The first-order valence-electron chi connectivity index (χ1n) is 2.77. The summed E-state index contributed by atoms with van der Waals surface area (Å²) < 4.78 is 0.861. The number of anilines is 1. The van der Waals surface area contributed by atoms with Crippen LogP contribution < -0.4 is 5.32 Å². The number of rotatable bonds is 1. The molecular weight excluding hydrogens is 243 g/mol. The molecule has 0 aromatic carbocycles. The van der Waals surface area contributed by atoms with Gasteiger partial charge in [0, 0.05) is 7.05 Å². The van der Waals surface area contributed by atoms with E-state index >= 15 is 0 Å². The average Bonchev–Trinajstić information content (AvgIpc) is 1.94. The zero-order valence-electron chi connectivity index (χ0n) is 5.43. The van der Waals surface area contributed by atoms with Crippen LogP contribution >= 0.6 is 22.6 Å². The van der Waals surface area contributed by atoms with E-state index in [0.717, 1.165) is 3.70 Å². The molecule has 0 aliphatic heterocycles. The van der Waals surface area contributed by atoms with Gasteiger partial charge in [0.25, 0.3) is 0 Å². The van der Waals surface area contributed by atoms with Crippen LogP contribution in [0.5, 0.6) is 5.75 Å². The second kappa shape index (κ2) is 3.05. The Kier molecular flexibility index (Phi) is 2.31. The van der Waals surface area contributed by atoms with Gasteiger partial charge in [-0.25, -0.2) is 4.98 Å². The van der Waals surface area contributed by atoms with Gasteiger partial charge in [-0.15, -0.1) is 0 Å². The molecule has 1 aromatic rings. The molecule has 0 atom stereocenters. The van der Waals surface area contributed by atoms with Gasteiger partial charge in [0.1, 0.15) is 3.70 Å². The summed E-state index contributed by atoms with van der Waals surface area (Å²) in [5.41, 5.74) is 0. The molecule has 0 amide bonds. The minimum Gasteiger partial charge on any atom is -0.504 e. The van der Waals surface area contributed by atoms with Gasteiger partial charge in [-0.3, -0.25) is 0 Å². The summed E-state index contributed by atoms with van der Waals surface area (Å²) in [4.78, 5) is 4.02. The summed E-state index contributed by atoms with van der Waals surface area (Å²) in [6, 6.07) is 3.36. The Labute approximate surface area is 72.6 Å². The maximum absolute atomic E-state index is 9.11.